The molecule has 2 aromatic rings. The van der Waals surface area contributed by atoms with E-state index in [0.29, 0.717) is 25.3 Å². The standard InChI is InChI=1S/C24H32N2O2S/c1-4-22(24(28)25-5-2)26(16-15-20-9-7-6-8-10-20)23(27)18-29-17-21-13-11-19(3)12-14-21/h6-14,22H,4-5,15-18H2,1-3H3,(H,25,28)/t22-/m0/s1. The van der Waals surface area contributed by atoms with Gasteiger partial charge in [0.15, 0.2) is 0 Å². The van der Waals surface area contributed by atoms with Gasteiger partial charge >= 0.3 is 0 Å². The molecule has 0 aliphatic heterocycles. The van der Waals surface area contributed by atoms with Crippen LogP contribution in [0, 0.1) is 6.92 Å². The fraction of sp³-hybridized carbons (Fsp3) is 0.417. The molecule has 156 valence electrons. The molecule has 5 heteroatoms. The number of nitrogens with zero attached hydrogens (tertiary/aromatic N) is 1. The van der Waals surface area contributed by atoms with Gasteiger partial charge in [-0.15, -0.1) is 11.8 Å². The number of hydrogen-bond donors (Lipinski definition) is 1. The lowest BCUT2D eigenvalue weighted by atomic mass is 10.1. The van der Waals surface area contributed by atoms with Crippen molar-refractivity contribution in [1.82, 2.24) is 10.2 Å². The van der Waals surface area contributed by atoms with Crippen molar-refractivity contribution in [1.29, 1.82) is 0 Å². The Balaban J connectivity index is 2.02. The van der Waals surface area contributed by atoms with E-state index in [4.69, 9.17) is 0 Å². The van der Waals surface area contributed by atoms with Gasteiger partial charge in [0.1, 0.15) is 6.04 Å². The zero-order chi connectivity index (χ0) is 21.1. The smallest absolute Gasteiger partial charge is 0.242 e. The molecule has 4 nitrogen and oxygen atoms in total. The Labute approximate surface area is 179 Å². The van der Waals surface area contributed by atoms with Crippen LogP contribution in [-0.2, 0) is 21.8 Å². The molecule has 0 saturated carbocycles. The van der Waals surface area contributed by atoms with Gasteiger partial charge in [-0.3, -0.25) is 9.59 Å². The van der Waals surface area contributed by atoms with Crippen LogP contribution in [-0.4, -0.2) is 41.6 Å². The monoisotopic (exact) mass is 412 g/mol. The zero-order valence-corrected chi connectivity index (χ0v) is 18.5. The fourth-order valence-electron chi connectivity index (χ4n) is 3.21. The van der Waals surface area contributed by atoms with E-state index in [1.807, 2.05) is 32.0 Å². The number of thioether (sulfide) groups is 1. The van der Waals surface area contributed by atoms with Crippen molar-refractivity contribution in [2.24, 2.45) is 0 Å². The van der Waals surface area contributed by atoms with E-state index in [2.05, 4.69) is 48.6 Å². The van der Waals surface area contributed by atoms with Gasteiger partial charge in [0, 0.05) is 18.8 Å². The molecule has 0 aromatic heterocycles. The maximum absolute atomic E-state index is 13.0. The molecule has 0 heterocycles. The van der Waals surface area contributed by atoms with E-state index in [-0.39, 0.29) is 11.8 Å². The van der Waals surface area contributed by atoms with Gasteiger partial charge in [-0.25, -0.2) is 0 Å². The Hall–Kier alpha value is -2.27. The van der Waals surface area contributed by atoms with Crippen molar-refractivity contribution in [3.8, 4) is 0 Å². The van der Waals surface area contributed by atoms with Crippen LogP contribution in [0.3, 0.4) is 0 Å². The molecule has 1 N–H and O–H groups in total. The van der Waals surface area contributed by atoms with E-state index in [9.17, 15) is 9.59 Å². The van der Waals surface area contributed by atoms with Gasteiger partial charge in [0.2, 0.25) is 11.8 Å². The lowest BCUT2D eigenvalue weighted by Gasteiger charge is -2.30. The van der Waals surface area contributed by atoms with Gasteiger partial charge < -0.3 is 10.2 Å². The second-order valence-corrected chi connectivity index (χ2v) is 8.11. The Morgan fingerprint density at radius 2 is 1.69 bits per heavy atom. The third kappa shape index (κ3) is 7.58. The van der Waals surface area contributed by atoms with E-state index in [1.165, 1.54) is 16.7 Å². The van der Waals surface area contributed by atoms with Crippen LogP contribution in [0.1, 0.15) is 37.0 Å². The van der Waals surface area contributed by atoms with Crippen LogP contribution in [0.5, 0.6) is 0 Å². The highest BCUT2D eigenvalue weighted by Crippen LogP contribution is 2.16. The molecular formula is C24H32N2O2S. The molecule has 2 rings (SSSR count). The topological polar surface area (TPSA) is 49.4 Å². The highest BCUT2D eigenvalue weighted by molar-refractivity contribution is 7.99. The third-order valence-corrected chi connectivity index (χ3v) is 5.82. The van der Waals surface area contributed by atoms with Gasteiger partial charge in [0.05, 0.1) is 5.75 Å². The first-order chi connectivity index (χ1) is 14.0. The van der Waals surface area contributed by atoms with Crippen molar-refractivity contribution >= 4 is 23.6 Å². The maximum atomic E-state index is 13.0. The summed E-state index contributed by atoms with van der Waals surface area (Å²) in [6.45, 7) is 7.04. The minimum absolute atomic E-state index is 0.0242. The van der Waals surface area contributed by atoms with E-state index in [0.717, 1.165) is 12.2 Å². The van der Waals surface area contributed by atoms with Gasteiger partial charge in [-0.1, -0.05) is 67.1 Å². The number of rotatable bonds is 11. The largest absolute Gasteiger partial charge is 0.355 e. The molecule has 0 saturated heterocycles. The minimum Gasteiger partial charge on any atom is -0.355 e. The number of nitrogens with one attached hydrogen (secondary N) is 1. The second-order valence-electron chi connectivity index (χ2n) is 7.12. The first kappa shape index (κ1) is 23.0. The molecule has 0 aliphatic rings. The van der Waals surface area contributed by atoms with Crippen LogP contribution in [0.25, 0.3) is 0 Å². The quantitative estimate of drug-likeness (QED) is 0.601. The predicted octanol–water partition coefficient (Wildman–Crippen LogP) is 4.21. The summed E-state index contributed by atoms with van der Waals surface area (Å²) in [7, 11) is 0. The molecule has 0 fully saturated rings. The number of carbonyl (C=O) groups is 2. The van der Waals surface area contributed by atoms with E-state index in [1.54, 1.807) is 16.7 Å². The maximum Gasteiger partial charge on any atom is 0.242 e. The average Bonchev–Trinajstić information content (AvgIpc) is 2.73. The van der Waals surface area contributed by atoms with Crippen molar-refractivity contribution in [2.75, 3.05) is 18.8 Å². The van der Waals surface area contributed by atoms with Crippen LogP contribution in [0.15, 0.2) is 54.6 Å². The first-order valence-electron chi connectivity index (χ1n) is 10.3. The Morgan fingerprint density at radius 1 is 1.00 bits per heavy atom. The third-order valence-electron chi connectivity index (χ3n) is 4.84. The van der Waals surface area contributed by atoms with Crippen molar-refractivity contribution in [3.05, 3.63) is 71.3 Å². The van der Waals surface area contributed by atoms with E-state index < -0.39 is 6.04 Å². The number of aryl methyl sites for hydroxylation is 1. The lowest BCUT2D eigenvalue weighted by molar-refractivity contribution is -0.138. The molecule has 2 amide bonds. The molecule has 0 bridgehead atoms. The molecule has 0 radical (unpaired) electrons. The zero-order valence-electron chi connectivity index (χ0n) is 17.7. The number of benzene rings is 2. The summed E-state index contributed by atoms with van der Waals surface area (Å²) >= 11 is 1.60. The number of likely N-dealkylation sites (N-methyl/N-ethyl adjacent to an activating group) is 1. The number of amides is 2. The summed E-state index contributed by atoms with van der Waals surface area (Å²) in [4.78, 5) is 27.4. The number of carbonyl (C=O) groups excluding carboxylic acids is 2. The predicted molar refractivity (Wildman–Crippen MR) is 122 cm³/mol. The summed E-state index contributed by atoms with van der Waals surface area (Å²) in [6.07, 6.45) is 1.35. The Kier molecular flexibility index (Phi) is 9.78. The van der Waals surface area contributed by atoms with E-state index >= 15 is 0 Å². The molecule has 0 unspecified atom stereocenters. The van der Waals surface area contributed by atoms with Crippen molar-refractivity contribution < 1.29 is 9.59 Å². The summed E-state index contributed by atoms with van der Waals surface area (Å²) in [5.41, 5.74) is 3.61. The number of hydrogen-bond acceptors (Lipinski definition) is 3. The van der Waals surface area contributed by atoms with Gasteiger partial charge in [0.25, 0.3) is 0 Å². The first-order valence-corrected chi connectivity index (χ1v) is 11.4. The SMILES string of the molecule is CCNC(=O)[C@H](CC)N(CCc1ccccc1)C(=O)CSCc1ccc(C)cc1. The lowest BCUT2D eigenvalue weighted by Crippen LogP contribution is -2.50. The summed E-state index contributed by atoms with van der Waals surface area (Å²) in [5.74, 6) is 1.12. The van der Waals surface area contributed by atoms with Crippen molar-refractivity contribution in [3.63, 3.8) is 0 Å². The fourth-order valence-corrected chi connectivity index (χ4v) is 4.08. The Morgan fingerprint density at radius 3 is 2.31 bits per heavy atom. The molecular weight excluding hydrogens is 380 g/mol. The summed E-state index contributed by atoms with van der Waals surface area (Å²) in [6, 6.07) is 18.1. The molecule has 2 aromatic carbocycles. The van der Waals surface area contributed by atoms with Crippen LogP contribution < -0.4 is 5.32 Å². The molecule has 0 spiro atoms. The van der Waals surface area contributed by atoms with Gasteiger partial charge in [-0.2, -0.15) is 0 Å². The Bertz CT molecular complexity index is 762. The summed E-state index contributed by atoms with van der Waals surface area (Å²) < 4.78 is 0. The highest BCUT2D eigenvalue weighted by Gasteiger charge is 2.27. The normalized spacial score (nSPS) is 11.7. The van der Waals surface area contributed by atoms with Crippen LogP contribution in [0.2, 0.25) is 0 Å². The molecule has 29 heavy (non-hydrogen) atoms. The average molecular weight is 413 g/mol. The summed E-state index contributed by atoms with van der Waals surface area (Å²) in [5, 5.41) is 2.88. The highest BCUT2D eigenvalue weighted by atomic mass is 32.2. The van der Waals surface area contributed by atoms with Gasteiger partial charge in [-0.05, 0) is 37.8 Å². The van der Waals surface area contributed by atoms with Crippen LogP contribution in [0.4, 0.5) is 0 Å². The molecule has 0 aliphatic carbocycles. The molecule has 1 atom stereocenters. The minimum atomic E-state index is -0.425. The second kappa shape index (κ2) is 12.3. The van der Waals surface area contributed by atoms with Crippen LogP contribution >= 0.6 is 11.8 Å². The van der Waals surface area contributed by atoms with Crippen molar-refractivity contribution in [2.45, 2.75) is 45.4 Å².